The summed E-state index contributed by atoms with van der Waals surface area (Å²) in [4.78, 5) is 0. The summed E-state index contributed by atoms with van der Waals surface area (Å²) in [5.74, 6) is 0. The molecule has 1 atom stereocenters. The fourth-order valence-electron chi connectivity index (χ4n) is 1.49. The number of ether oxygens (including phenoxy) is 1. The molecule has 1 heterocycles. The second kappa shape index (κ2) is 2.98. The molecule has 64 valence electrons. The third kappa shape index (κ3) is 2.06. The standard InChI is InChI=1S/C10H18O/c1-5-8(2)9-6-7-10(3,4)11-9/h5,9H,6-7H2,1-4H3. The van der Waals surface area contributed by atoms with Gasteiger partial charge in [-0.2, -0.15) is 0 Å². The molecule has 1 saturated heterocycles. The lowest BCUT2D eigenvalue weighted by atomic mass is 10.0. The van der Waals surface area contributed by atoms with Crippen LogP contribution in [0.1, 0.15) is 40.5 Å². The van der Waals surface area contributed by atoms with Crippen molar-refractivity contribution < 1.29 is 4.74 Å². The van der Waals surface area contributed by atoms with Gasteiger partial charge < -0.3 is 4.74 Å². The van der Waals surface area contributed by atoms with E-state index in [1.165, 1.54) is 18.4 Å². The van der Waals surface area contributed by atoms with E-state index < -0.39 is 0 Å². The van der Waals surface area contributed by atoms with Gasteiger partial charge in [-0.1, -0.05) is 6.08 Å². The van der Waals surface area contributed by atoms with Crippen LogP contribution in [0.25, 0.3) is 0 Å². The van der Waals surface area contributed by atoms with E-state index in [0.717, 1.165) is 0 Å². The molecule has 0 radical (unpaired) electrons. The first-order valence-corrected chi connectivity index (χ1v) is 4.36. The quantitative estimate of drug-likeness (QED) is 0.528. The van der Waals surface area contributed by atoms with Gasteiger partial charge in [0, 0.05) is 0 Å². The zero-order chi connectivity index (χ0) is 8.48. The van der Waals surface area contributed by atoms with Crippen LogP contribution in [0.3, 0.4) is 0 Å². The van der Waals surface area contributed by atoms with Gasteiger partial charge in [0.25, 0.3) is 0 Å². The maximum absolute atomic E-state index is 5.83. The molecular formula is C10H18O. The molecule has 1 aliphatic rings. The Labute approximate surface area is 69.4 Å². The largest absolute Gasteiger partial charge is 0.368 e. The van der Waals surface area contributed by atoms with Crippen molar-refractivity contribution in [3.63, 3.8) is 0 Å². The number of hydrogen-bond acceptors (Lipinski definition) is 1. The fraction of sp³-hybridized carbons (Fsp3) is 0.800. The summed E-state index contributed by atoms with van der Waals surface area (Å²) < 4.78 is 5.83. The minimum Gasteiger partial charge on any atom is -0.368 e. The van der Waals surface area contributed by atoms with Crippen LogP contribution in [0.15, 0.2) is 11.6 Å². The summed E-state index contributed by atoms with van der Waals surface area (Å²) in [6.45, 7) is 8.54. The predicted molar refractivity (Wildman–Crippen MR) is 47.6 cm³/mol. The van der Waals surface area contributed by atoms with Crippen LogP contribution in [0.5, 0.6) is 0 Å². The zero-order valence-electron chi connectivity index (χ0n) is 7.98. The van der Waals surface area contributed by atoms with Crippen LogP contribution in [-0.2, 0) is 4.74 Å². The lowest BCUT2D eigenvalue weighted by molar-refractivity contribution is 0.000500. The van der Waals surface area contributed by atoms with E-state index in [4.69, 9.17) is 4.74 Å². The average Bonchev–Trinajstić information content (AvgIpc) is 2.29. The molecule has 0 aliphatic carbocycles. The molecule has 11 heavy (non-hydrogen) atoms. The maximum Gasteiger partial charge on any atom is 0.0790 e. The lowest BCUT2D eigenvalue weighted by Gasteiger charge is -2.19. The third-order valence-electron chi connectivity index (χ3n) is 2.43. The van der Waals surface area contributed by atoms with Crippen LogP contribution in [0.4, 0.5) is 0 Å². The van der Waals surface area contributed by atoms with Crippen LogP contribution >= 0.6 is 0 Å². The van der Waals surface area contributed by atoms with Gasteiger partial charge in [-0.25, -0.2) is 0 Å². The number of allylic oxidation sites excluding steroid dienone is 1. The molecule has 0 amide bonds. The smallest absolute Gasteiger partial charge is 0.0790 e. The van der Waals surface area contributed by atoms with Crippen LogP contribution in [0, 0.1) is 0 Å². The highest BCUT2D eigenvalue weighted by Crippen LogP contribution is 2.32. The van der Waals surface area contributed by atoms with Crippen molar-refractivity contribution in [2.24, 2.45) is 0 Å². The van der Waals surface area contributed by atoms with Gasteiger partial charge in [-0.05, 0) is 46.1 Å². The number of rotatable bonds is 1. The average molecular weight is 154 g/mol. The Morgan fingerprint density at radius 2 is 2.18 bits per heavy atom. The molecule has 0 bridgehead atoms. The summed E-state index contributed by atoms with van der Waals surface area (Å²) in [7, 11) is 0. The Bertz CT molecular complexity index is 168. The van der Waals surface area contributed by atoms with Gasteiger partial charge >= 0.3 is 0 Å². The highest BCUT2D eigenvalue weighted by Gasteiger charge is 2.31. The SMILES string of the molecule is CC=C(C)C1CCC(C)(C)O1. The summed E-state index contributed by atoms with van der Waals surface area (Å²) in [6, 6.07) is 0. The van der Waals surface area contributed by atoms with Gasteiger partial charge in [-0.3, -0.25) is 0 Å². The molecule has 0 spiro atoms. The first-order valence-electron chi connectivity index (χ1n) is 4.36. The van der Waals surface area contributed by atoms with E-state index in [0.29, 0.717) is 6.10 Å². The van der Waals surface area contributed by atoms with Crippen molar-refractivity contribution in [1.29, 1.82) is 0 Å². The zero-order valence-corrected chi connectivity index (χ0v) is 7.98. The molecule has 1 nitrogen and oxygen atoms in total. The molecule has 1 unspecified atom stereocenters. The van der Waals surface area contributed by atoms with Crippen LogP contribution in [0.2, 0.25) is 0 Å². The maximum atomic E-state index is 5.83. The molecule has 0 N–H and O–H groups in total. The molecule has 1 fully saturated rings. The molecular weight excluding hydrogens is 136 g/mol. The molecule has 0 aromatic heterocycles. The molecule has 1 rings (SSSR count). The van der Waals surface area contributed by atoms with Crippen molar-refractivity contribution >= 4 is 0 Å². The first-order chi connectivity index (χ1) is 5.05. The van der Waals surface area contributed by atoms with Crippen LogP contribution < -0.4 is 0 Å². The second-order valence-electron chi connectivity index (χ2n) is 3.94. The van der Waals surface area contributed by atoms with Gasteiger partial charge in [0.15, 0.2) is 0 Å². The molecule has 0 aromatic carbocycles. The molecule has 0 saturated carbocycles. The first kappa shape index (κ1) is 8.79. The number of hydrogen-bond donors (Lipinski definition) is 0. The Hall–Kier alpha value is -0.300. The van der Waals surface area contributed by atoms with Gasteiger partial charge in [0.05, 0.1) is 11.7 Å². The Kier molecular flexibility index (Phi) is 2.38. The Balaban J connectivity index is 2.55. The van der Waals surface area contributed by atoms with Crippen molar-refractivity contribution in [1.82, 2.24) is 0 Å². The highest BCUT2D eigenvalue weighted by atomic mass is 16.5. The Morgan fingerprint density at radius 3 is 2.55 bits per heavy atom. The van der Waals surface area contributed by atoms with Crippen molar-refractivity contribution in [2.75, 3.05) is 0 Å². The minimum atomic E-state index is 0.106. The van der Waals surface area contributed by atoms with Gasteiger partial charge in [-0.15, -0.1) is 0 Å². The topological polar surface area (TPSA) is 9.23 Å². The molecule has 1 aliphatic heterocycles. The highest BCUT2D eigenvalue weighted by molar-refractivity contribution is 5.06. The lowest BCUT2D eigenvalue weighted by Crippen LogP contribution is -2.20. The summed E-state index contributed by atoms with van der Waals surface area (Å²) in [5, 5.41) is 0. The van der Waals surface area contributed by atoms with Gasteiger partial charge in [0.1, 0.15) is 0 Å². The van der Waals surface area contributed by atoms with Crippen molar-refractivity contribution in [3.05, 3.63) is 11.6 Å². The summed E-state index contributed by atoms with van der Waals surface area (Å²) in [5.41, 5.74) is 1.48. The fourth-order valence-corrected chi connectivity index (χ4v) is 1.49. The van der Waals surface area contributed by atoms with Gasteiger partial charge in [0.2, 0.25) is 0 Å². The van der Waals surface area contributed by atoms with E-state index in [1.54, 1.807) is 0 Å². The predicted octanol–water partition coefficient (Wildman–Crippen LogP) is 2.91. The van der Waals surface area contributed by atoms with E-state index in [2.05, 4.69) is 33.8 Å². The minimum absolute atomic E-state index is 0.106. The third-order valence-corrected chi connectivity index (χ3v) is 2.43. The normalized spacial score (nSPS) is 30.9. The molecule has 0 aromatic rings. The monoisotopic (exact) mass is 154 g/mol. The summed E-state index contributed by atoms with van der Waals surface area (Å²) >= 11 is 0. The molecule has 1 heteroatoms. The van der Waals surface area contributed by atoms with E-state index >= 15 is 0 Å². The van der Waals surface area contributed by atoms with E-state index in [9.17, 15) is 0 Å². The Morgan fingerprint density at radius 1 is 1.55 bits per heavy atom. The van der Waals surface area contributed by atoms with Crippen molar-refractivity contribution in [3.8, 4) is 0 Å². The van der Waals surface area contributed by atoms with Crippen LogP contribution in [-0.4, -0.2) is 11.7 Å². The summed E-state index contributed by atoms with van der Waals surface area (Å²) in [6.07, 6.45) is 4.90. The van der Waals surface area contributed by atoms with E-state index in [-0.39, 0.29) is 5.60 Å². The second-order valence-corrected chi connectivity index (χ2v) is 3.94. The van der Waals surface area contributed by atoms with E-state index in [1.807, 2.05) is 0 Å². The van der Waals surface area contributed by atoms with Crippen molar-refractivity contribution in [2.45, 2.75) is 52.2 Å².